The highest BCUT2D eigenvalue weighted by molar-refractivity contribution is 6.05. The number of ether oxygens (including phenoxy) is 2. The Labute approximate surface area is 138 Å². The van der Waals surface area contributed by atoms with Crippen molar-refractivity contribution < 1.29 is 23.9 Å². The summed E-state index contributed by atoms with van der Waals surface area (Å²) in [6, 6.07) is 4.22. The fourth-order valence-corrected chi connectivity index (χ4v) is 2.79. The highest BCUT2D eigenvalue weighted by Gasteiger charge is 2.39. The number of amides is 4. The van der Waals surface area contributed by atoms with Crippen molar-refractivity contribution in [1.82, 2.24) is 15.5 Å². The van der Waals surface area contributed by atoms with Crippen LogP contribution in [-0.2, 0) is 16.1 Å². The molecule has 1 atom stereocenters. The zero-order chi connectivity index (χ0) is 16.7. The van der Waals surface area contributed by atoms with Gasteiger partial charge in [0.2, 0.25) is 12.7 Å². The van der Waals surface area contributed by atoms with Gasteiger partial charge in [-0.25, -0.2) is 4.79 Å². The molecule has 2 aliphatic heterocycles. The van der Waals surface area contributed by atoms with Gasteiger partial charge in [0.25, 0.3) is 5.91 Å². The maximum absolute atomic E-state index is 12.4. The van der Waals surface area contributed by atoms with E-state index in [9.17, 15) is 14.4 Å². The predicted molar refractivity (Wildman–Crippen MR) is 81.2 cm³/mol. The number of carbonyl (C=O) groups excluding carboxylic acids is 3. The third-order valence-electron chi connectivity index (χ3n) is 4.22. The molecule has 4 rings (SSSR count). The first-order valence-corrected chi connectivity index (χ1v) is 7.90. The van der Waals surface area contributed by atoms with Gasteiger partial charge in [-0.15, -0.1) is 0 Å². The summed E-state index contributed by atoms with van der Waals surface area (Å²) in [6.45, 7) is 0.294. The van der Waals surface area contributed by atoms with Gasteiger partial charge in [0.05, 0.1) is 13.0 Å². The molecule has 1 aromatic carbocycles. The van der Waals surface area contributed by atoms with Crippen LogP contribution in [0.1, 0.15) is 24.8 Å². The van der Waals surface area contributed by atoms with Crippen LogP contribution in [0.3, 0.4) is 0 Å². The van der Waals surface area contributed by atoms with E-state index in [2.05, 4.69) is 10.6 Å². The summed E-state index contributed by atoms with van der Waals surface area (Å²) in [5, 5.41) is 5.39. The van der Waals surface area contributed by atoms with Gasteiger partial charge in [0.15, 0.2) is 11.5 Å². The summed E-state index contributed by atoms with van der Waals surface area (Å²) >= 11 is 0. The number of nitrogens with one attached hydrogen (secondary N) is 2. The van der Waals surface area contributed by atoms with E-state index >= 15 is 0 Å². The third kappa shape index (κ3) is 2.86. The van der Waals surface area contributed by atoms with Gasteiger partial charge in [-0.1, -0.05) is 6.07 Å². The van der Waals surface area contributed by atoms with E-state index in [0.717, 1.165) is 23.3 Å². The van der Waals surface area contributed by atoms with Crippen LogP contribution >= 0.6 is 0 Å². The molecule has 8 nitrogen and oxygen atoms in total. The van der Waals surface area contributed by atoms with Gasteiger partial charge in [-0.2, -0.15) is 0 Å². The number of hydrogen-bond acceptors (Lipinski definition) is 5. The Morgan fingerprint density at radius 2 is 2.04 bits per heavy atom. The van der Waals surface area contributed by atoms with E-state index in [1.165, 1.54) is 0 Å². The van der Waals surface area contributed by atoms with Crippen LogP contribution in [0.5, 0.6) is 11.5 Å². The molecule has 0 bridgehead atoms. The van der Waals surface area contributed by atoms with Crippen LogP contribution in [0.25, 0.3) is 0 Å². The van der Waals surface area contributed by atoms with Gasteiger partial charge in [0.1, 0.15) is 6.04 Å². The summed E-state index contributed by atoms with van der Waals surface area (Å²) in [7, 11) is 0. The highest BCUT2D eigenvalue weighted by atomic mass is 16.7. The first kappa shape index (κ1) is 14.8. The molecule has 0 aromatic heterocycles. The summed E-state index contributed by atoms with van der Waals surface area (Å²) in [5.74, 6) is 0.648. The lowest BCUT2D eigenvalue weighted by Gasteiger charge is -2.13. The Morgan fingerprint density at radius 1 is 1.25 bits per heavy atom. The molecular formula is C16H17N3O5. The molecule has 8 heteroatoms. The molecular weight excluding hydrogens is 314 g/mol. The first-order valence-electron chi connectivity index (χ1n) is 7.90. The quantitative estimate of drug-likeness (QED) is 0.766. The van der Waals surface area contributed by atoms with Crippen LogP contribution in [-0.4, -0.2) is 41.6 Å². The molecule has 0 radical (unpaired) electrons. The molecule has 0 spiro atoms. The molecule has 3 aliphatic rings. The molecule has 4 amide bonds. The standard InChI is InChI=1S/C16H17N3O5/c20-14(17-10-2-3-10)6-11-15(21)19(16(22)18-11)7-9-1-4-12-13(5-9)24-8-23-12/h1,4-5,10-11H,2-3,6-8H2,(H,17,20)(H,18,22)/t11-/m0/s1. The number of hydrogen-bond donors (Lipinski definition) is 2. The molecule has 2 heterocycles. The van der Waals surface area contributed by atoms with E-state index in [1.807, 2.05) is 0 Å². The SMILES string of the molecule is O=C(C[C@@H]1NC(=O)N(Cc2ccc3c(c2)OCO3)C1=O)NC1CC1. The molecule has 1 saturated heterocycles. The summed E-state index contributed by atoms with van der Waals surface area (Å²) in [6.07, 6.45) is 1.93. The largest absolute Gasteiger partial charge is 0.454 e. The first-order chi connectivity index (χ1) is 11.6. The number of carbonyl (C=O) groups is 3. The summed E-state index contributed by atoms with van der Waals surface area (Å²) in [5.41, 5.74) is 0.755. The fraction of sp³-hybridized carbons (Fsp3) is 0.438. The Morgan fingerprint density at radius 3 is 2.83 bits per heavy atom. The average molecular weight is 331 g/mol. The fourth-order valence-electron chi connectivity index (χ4n) is 2.79. The maximum atomic E-state index is 12.4. The molecule has 0 unspecified atom stereocenters. The lowest BCUT2D eigenvalue weighted by atomic mass is 10.1. The summed E-state index contributed by atoms with van der Waals surface area (Å²) in [4.78, 5) is 37.4. The van der Waals surface area contributed by atoms with Crippen LogP contribution in [0, 0.1) is 0 Å². The van der Waals surface area contributed by atoms with E-state index in [1.54, 1.807) is 18.2 Å². The number of urea groups is 1. The van der Waals surface area contributed by atoms with E-state index in [4.69, 9.17) is 9.47 Å². The van der Waals surface area contributed by atoms with Gasteiger partial charge in [-0.05, 0) is 30.5 Å². The highest BCUT2D eigenvalue weighted by Crippen LogP contribution is 2.33. The number of imide groups is 1. The second kappa shape index (κ2) is 5.70. The maximum Gasteiger partial charge on any atom is 0.325 e. The Balaban J connectivity index is 1.40. The second-order valence-corrected chi connectivity index (χ2v) is 6.16. The van der Waals surface area contributed by atoms with Gasteiger partial charge in [-0.3, -0.25) is 14.5 Å². The van der Waals surface area contributed by atoms with Gasteiger partial charge >= 0.3 is 6.03 Å². The van der Waals surface area contributed by atoms with Crippen molar-refractivity contribution in [1.29, 1.82) is 0 Å². The molecule has 126 valence electrons. The molecule has 1 saturated carbocycles. The zero-order valence-electron chi connectivity index (χ0n) is 12.9. The molecule has 24 heavy (non-hydrogen) atoms. The zero-order valence-corrected chi connectivity index (χ0v) is 12.9. The van der Waals surface area contributed by atoms with Crippen LogP contribution in [0.15, 0.2) is 18.2 Å². The Hall–Kier alpha value is -2.77. The van der Waals surface area contributed by atoms with E-state index < -0.39 is 12.1 Å². The van der Waals surface area contributed by atoms with Gasteiger partial charge < -0.3 is 20.1 Å². The number of nitrogens with zero attached hydrogens (tertiary/aromatic N) is 1. The van der Waals surface area contributed by atoms with Crippen molar-refractivity contribution in [2.75, 3.05) is 6.79 Å². The van der Waals surface area contributed by atoms with E-state index in [0.29, 0.717) is 11.5 Å². The number of rotatable bonds is 5. The summed E-state index contributed by atoms with van der Waals surface area (Å²) < 4.78 is 10.5. The van der Waals surface area contributed by atoms with Crippen molar-refractivity contribution in [3.8, 4) is 11.5 Å². The van der Waals surface area contributed by atoms with Crippen molar-refractivity contribution in [3.05, 3.63) is 23.8 Å². The monoisotopic (exact) mass is 331 g/mol. The topological polar surface area (TPSA) is 97.0 Å². The van der Waals surface area contributed by atoms with E-state index in [-0.39, 0.29) is 37.6 Å². The molecule has 1 aliphatic carbocycles. The van der Waals surface area contributed by atoms with Gasteiger partial charge in [0, 0.05) is 6.04 Å². The Bertz CT molecular complexity index is 716. The second-order valence-electron chi connectivity index (χ2n) is 6.16. The number of fused-ring (bicyclic) bond motifs is 1. The normalized spacial score (nSPS) is 21.8. The van der Waals surface area contributed by atoms with Crippen molar-refractivity contribution in [2.24, 2.45) is 0 Å². The van der Waals surface area contributed by atoms with Crippen molar-refractivity contribution in [2.45, 2.75) is 37.9 Å². The van der Waals surface area contributed by atoms with Crippen LogP contribution in [0.2, 0.25) is 0 Å². The van der Waals surface area contributed by atoms with Crippen molar-refractivity contribution >= 4 is 17.8 Å². The van der Waals surface area contributed by atoms with Crippen LogP contribution < -0.4 is 20.1 Å². The molecule has 2 N–H and O–H groups in total. The molecule has 1 aromatic rings. The lowest BCUT2D eigenvalue weighted by Crippen LogP contribution is -2.37. The Kier molecular flexibility index (Phi) is 3.51. The third-order valence-corrected chi connectivity index (χ3v) is 4.22. The minimum Gasteiger partial charge on any atom is -0.454 e. The van der Waals surface area contributed by atoms with Crippen molar-refractivity contribution in [3.63, 3.8) is 0 Å². The predicted octanol–water partition coefficient (Wildman–Crippen LogP) is 0.504. The average Bonchev–Trinajstić information content (AvgIpc) is 3.17. The molecule has 2 fully saturated rings. The minimum absolute atomic E-state index is 0.0291. The minimum atomic E-state index is -0.801. The van der Waals surface area contributed by atoms with Crippen LogP contribution in [0.4, 0.5) is 4.79 Å². The number of benzene rings is 1. The smallest absolute Gasteiger partial charge is 0.325 e. The lowest BCUT2D eigenvalue weighted by molar-refractivity contribution is -0.131.